The average Bonchev–Trinajstić information content (AvgIpc) is 3.42. The first-order valence-electron chi connectivity index (χ1n) is 12.1. The highest BCUT2D eigenvalue weighted by Crippen LogP contribution is 2.30. The maximum atomic E-state index is 13.2. The fourth-order valence-corrected chi connectivity index (χ4v) is 5.59. The van der Waals surface area contributed by atoms with Crippen LogP contribution in [0.2, 0.25) is 0 Å². The molecule has 4 rings (SSSR count). The molecule has 8 heteroatoms. The Bertz CT molecular complexity index is 1100. The van der Waals surface area contributed by atoms with Crippen LogP contribution in [-0.2, 0) is 11.3 Å². The zero-order valence-electron chi connectivity index (χ0n) is 20.7. The second-order valence-corrected chi connectivity index (χ2v) is 9.87. The summed E-state index contributed by atoms with van der Waals surface area (Å²) >= 11 is 1.46. The van der Waals surface area contributed by atoms with Crippen LogP contribution in [0.25, 0.3) is 5.69 Å². The summed E-state index contributed by atoms with van der Waals surface area (Å²) in [6.45, 7) is 9.79. The van der Waals surface area contributed by atoms with Gasteiger partial charge in [-0.05, 0) is 64.9 Å². The number of ketones is 1. The molecule has 0 N–H and O–H groups in total. The van der Waals surface area contributed by atoms with Crippen molar-refractivity contribution in [3.8, 4) is 5.69 Å². The minimum Gasteiger partial charge on any atom is -0.383 e. The summed E-state index contributed by atoms with van der Waals surface area (Å²) in [5, 5.41) is 9.90. The number of likely N-dealkylation sites (tertiary alicyclic amines) is 1. The molecule has 1 aromatic carbocycles. The molecule has 7 nitrogen and oxygen atoms in total. The number of thioether (sulfide) groups is 1. The predicted octanol–water partition coefficient (Wildman–Crippen LogP) is 4.85. The van der Waals surface area contributed by atoms with E-state index in [4.69, 9.17) is 4.74 Å². The van der Waals surface area contributed by atoms with Crippen molar-refractivity contribution in [1.82, 2.24) is 24.2 Å². The van der Waals surface area contributed by atoms with E-state index in [2.05, 4.69) is 43.3 Å². The third-order valence-electron chi connectivity index (χ3n) is 6.71. The van der Waals surface area contributed by atoms with Gasteiger partial charge in [-0.1, -0.05) is 36.4 Å². The van der Waals surface area contributed by atoms with Crippen LogP contribution < -0.4 is 0 Å². The molecule has 3 heterocycles. The van der Waals surface area contributed by atoms with Gasteiger partial charge in [0.2, 0.25) is 0 Å². The SMILES string of the molecule is COCCn1c(C)cc(C(=O)CSc2nnc([C@@H](C)N3CCCCC3)n2-c2ccccc2)c1C. The number of hydrogen-bond acceptors (Lipinski definition) is 6. The highest BCUT2D eigenvalue weighted by molar-refractivity contribution is 7.99. The van der Waals surface area contributed by atoms with Crippen molar-refractivity contribution in [1.29, 1.82) is 0 Å². The lowest BCUT2D eigenvalue weighted by molar-refractivity contribution is 0.102. The van der Waals surface area contributed by atoms with Gasteiger partial charge in [-0.2, -0.15) is 0 Å². The maximum absolute atomic E-state index is 13.2. The number of methoxy groups -OCH3 is 1. The largest absolute Gasteiger partial charge is 0.383 e. The minimum atomic E-state index is 0.106. The number of carbonyl (C=O) groups excluding carboxylic acids is 1. The topological polar surface area (TPSA) is 65.2 Å². The molecule has 2 aromatic heterocycles. The zero-order chi connectivity index (χ0) is 24.1. The lowest BCUT2D eigenvalue weighted by atomic mass is 10.1. The van der Waals surface area contributed by atoms with Gasteiger partial charge in [-0.15, -0.1) is 10.2 Å². The van der Waals surface area contributed by atoms with E-state index in [0.29, 0.717) is 12.4 Å². The summed E-state index contributed by atoms with van der Waals surface area (Å²) in [6.07, 6.45) is 3.75. The van der Waals surface area contributed by atoms with Gasteiger partial charge in [0.25, 0.3) is 0 Å². The molecule has 3 aromatic rings. The van der Waals surface area contributed by atoms with Crippen molar-refractivity contribution in [2.24, 2.45) is 0 Å². The molecular weight excluding hydrogens is 446 g/mol. The number of piperidine rings is 1. The van der Waals surface area contributed by atoms with Gasteiger partial charge in [-0.3, -0.25) is 14.3 Å². The van der Waals surface area contributed by atoms with Crippen LogP contribution in [0.15, 0.2) is 41.6 Å². The van der Waals surface area contributed by atoms with Gasteiger partial charge in [-0.25, -0.2) is 0 Å². The Labute approximate surface area is 206 Å². The van der Waals surface area contributed by atoms with Crippen molar-refractivity contribution in [3.63, 3.8) is 0 Å². The Balaban J connectivity index is 1.56. The molecule has 1 atom stereocenters. The van der Waals surface area contributed by atoms with Crippen LogP contribution in [-0.4, -0.2) is 62.6 Å². The molecule has 0 spiro atoms. The van der Waals surface area contributed by atoms with Crippen LogP contribution in [0, 0.1) is 13.8 Å². The predicted molar refractivity (Wildman–Crippen MR) is 136 cm³/mol. The number of benzene rings is 1. The Morgan fingerprint density at radius 1 is 1.12 bits per heavy atom. The number of Topliss-reactive ketones (excluding diaryl/α,β-unsaturated/α-hetero) is 1. The van der Waals surface area contributed by atoms with Crippen LogP contribution in [0.5, 0.6) is 0 Å². The standard InChI is InChI=1S/C26H35N5O2S/c1-19-17-23(20(2)30(19)15-16-33-4)24(32)18-34-26-28-27-25(21(3)29-13-9-6-10-14-29)31(26)22-11-7-5-8-12-22/h5,7-8,11-12,17,21H,6,9-10,13-16,18H2,1-4H3/t21-/m1/s1. The number of para-hydroxylation sites is 1. The third kappa shape index (κ3) is 5.29. The van der Waals surface area contributed by atoms with Gasteiger partial charge in [0, 0.05) is 36.3 Å². The van der Waals surface area contributed by atoms with E-state index in [9.17, 15) is 4.79 Å². The molecule has 0 bridgehead atoms. The Morgan fingerprint density at radius 3 is 2.56 bits per heavy atom. The second kappa shape index (κ2) is 11.3. The number of nitrogens with zero attached hydrogens (tertiary/aromatic N) is 5. The van der Waals surface area contributed by atoms with Crippen molar-refractivity contribution < 1.29 is 9.53 Å². The van der Waals surface area contributed by atoms with Crippen molar-refractivity contribution >= 4 is 17.5 Å². The lowest BCUT2D eigenvalue weighted by Gasteiger charge is -2.31. The number of hydrogen-bond donors (Lipinski definition) is 0. The van der Waals surface area contributed by atoms with Crippen LogP contribution in [0.4, 0.5) is 0 Å². The van der Waals surface area contributed by atoms with Gasteiger partial charge < -0.3 is 9.30 Å². The second-order valence-electron chi connectivity index (χ2n) is 8.93. The number of ether oxygens (including phenoxy) is 1. The third-order valence-corrected chi connectivity index (χ3v) is 7.64. The Kier molecular flexibility index (Phi) is 8.24. The minimum absolute atomic E-state index is 0.106. The normalized spacial score (nSPS) is 15.5. The monoisotopic (exact) mass is 481 g/mol. The molecule has 0 radical (unpaired) electrons. The molecule has 182 valence electrons. The molecular formula is C26H35N5O2S. The van der Waals surface area contributed by atoms with E-state index in [1.807, 2.05) is 38.1 Å². The molecule has 0 unspecified atom stereocenters. The van der Waals surface area contributed by atoms with E-state index in [1.165, 1.54) is 31.0 Å². The highest BCUT2D eigenvalue weighted by atomic mass is 32.2. The fourth-order valence-electron chi connectivity index (χ4n) is 4.75. The average molecular weight is 482 g/mol. The number of carbonyl (C=O) groups is 1. The highest BCUT2D eigenvalue weighted by Gasteiger charge is 2.26. The Hall–Kier alpha value is -2.42. The van der Waals surface area contributed by atoms with E-state index in [-0.39, 0.29) is 11.8 Å². The van der Waals surface area contributed by atoms with Crippen LogP contribution >= 0.6 is 11.8 Å². The Morgan fingerprint density at radius 2 is 1.85 bits per heavy atom. The summed E-state index contributed by atoms with van der Waals surface area (Å²) in [7, 11) is 1.69. The smallest absolute Gasteiger partial charge is 0.196 e. The van der Waals surface area contributed by atoms with Crippen LogP contribution in [0.3, 0.4) is 0 Å². The quantitative estimate of drug-likeness (QED) is 0.305. The summed E-state index contributed by atoms with van der Waals surface area (Å²) in [4.78, 5) is 15.7. The lowest BCUT2D eigenvalue weighted by Crippen LogP contribution is -2.33. The maximum Gasteiger partial charge on any atom is 0.196 e. The molecule has 0 amide bonds. The van der Waals surface area contributed by atoms with Gasteiger partial charge in [0.05, 0.1) is 18.4 Å². The van der Waals surface area contributed by atoms with E-state index < -0.39 is 0 Å². The van der Waals surface area contributed by atoms with Crippen molar-refractivity contribution in [2.75, 3.05) is 32.6 Å². The molecule has 1 aliphatic heterocycles. The van der Waals surface area contributed by atoms with Gasteiger partial charge in [0.1, 0.15) is 0 Å². The number of rotatable bonds is 10. The molecule has 0 saturated carbocycles. The summed E-state index contributed by atoms with van der Waals surface area (Å²) in [5.41, 5.74) is 3.87. The van der Waals surface area contributed by atoms with Crippen molar-refractivity contribution in [2.45, 2.75) is 57.8 Å². The van der Waals surface area contributed by atoms with Gasteiger partial charge in [0.15, 0.2) is 16.8 Å². The van der Waals surface area contributed by atoms with E-state index in [0.717, 1.165) is 53.3 Å². The van der Waals surface area contributed by atoms with Crippen molar-refractivity contribution in [3.05, 3.63) is 59.2 Å². The first-order valence-corrected chi connectivity index (χ1v) is 13.1. The number of aryl methyl sites for hydroxylation is 1. The molecule has 1 aliphatic rings. The first-order chi connectivity index (χ1) is 16.5. The molecule has 1 saturated heterocycles. The van der Waals surface area contributed by atoms with E-state index in [1.54, 1.807) is 7.11 Å². The first kappa shape index (κ1) is 24.7. The zero-order valence-corrected chi connectivity index (χ0v) is 21.5. The summed E-state index contributed by atoms with van der Waals surface area (Å²) < 4.78 is 9.49. The summed E-state index contributed by atoms with van der Waals surface area (Å²) in [5.74, 6) is 1.35. The fraction of sp³-hybridized carbons (Fsp3) is 0.500. The molecule has 1 fully saturated rings. The van der Waals surface area contributed by atoms with E-state index >= 15 is 0 Å². The molecule has 34 heavy (non-hydrogen) atoms. The number of aromatic nitrogens is 4. The summed E-state index contributed by atoms with van der Waals surface area (Å²) in [6, 6.07) is 12.4. The molecule has 0 aliphatic carbocycles. The van der Waals surface area contributed by atoms with Gasteiger partial charge >= 0.3 is 0 Å². The van der Waals surface area contributed by atoms with Crippen LogP contribution in [0.1, 0.15) is 59.8 Å².